The van der Waals surface area contributed by atoms with E-state index in [2.05, 4.69) is 26.3 Å². The second-order valence-corrected chi connectivity index (χ2v) is 8.35. The predicted octanol–water partition coefficient (Wildman–Crippen LogP) is 3.80. The van der Waals surface area contributed by atoms with Gasteiger partial charge in [-0.05, 0) is 50.7 Å². The molecular formula is C20H22N4O2S. The Hall–Kier alpha value is -2.38. The molecule has 27 heavy (non-hydrogen) atoms. The fraction of sp³-hybridized carbons (Fsp3) is 0.400. The first-order chi connectivity index (χ1) is 13.1. The molecule has 0 unspecified atom stereocenters. The van der Waals surface area contributed by atoms with Crippen molar-refractivity contribution < 1.29 is 9.90 Å². The quantitative estimate of drug-likeness (QED) is 0.717. The number of nitrogens with zero attached hydrogens (tertiary/aromatic N) is 3. The van der Waals surface area contributed by atoms with Gasteiger partial charge in [0.1, 0.15) is 5.82 Å². The van der Waals surface area contributed by atoms with E-state index in [0.29, 0.717) is 11.7 Å². The number of amides is 1. The van der Waals surface area contributed by atoms with Crippen LogP contribution < -0.4 is 5.32 Å². The maximum Gasteiger partial charge on any atom is 0.228 e. The molecule has 0 saturated heterocycles. The number of rotatable bonds is 4. The Morgan fingerprint density at radius 3 is 2.67 bits per heavy atom. The van der Waals surface area contributed by atoms with Crippen LogP contribution in [-0.4, -0.2) is 32.6 Å². The number of aryl methyl sites for hydroxylation is 1. The smallest absolute Gasteiger partial charge is 0.228 e. The standard InChI is InChI=1S/C20H22N4O2S/c1-12-21-10-18(27-12)16-6-15-7-19(23-9-17(15)22-8-16)24-20(26)14-4-2-13(11-25)3-5-14/h6-10,13-14,25H,2-5,11H2,1H3,(H,23,24,26)/t13-,14-. The molecule has 0 bridgehead atoms. The van der Waals surface area contributed by atoms with E-state index in [4.69, 9.17) is 0 Å². The van der Waals surface area contributed by atoms with Crippen molar-refractivity contribution in [3.63, 3.8) is 0 Å². The van der Waals surface area contributed by atoms with E-state index >= 15 is 0 Å². The number of hydrogen-bond donors (Lipinski definition) is 2. The van der Waals surface area contributed by atoms with Gasteiger partial charge < -0.3 is 10.4 Å². The van der Waals surface area contributed by atoms with E-state index in [1.165, 1.54) is 0 Å². The van der Waals surface area contributed by atoms with Crippen molar-refractivity contribution >= 4 is 34.0 Å². The van der Waals surface area contributed by atoms with Crippen LogP contribution in [0.3, 0.4) is 0 Å². The van der Waals surface area contributed by atoms with Gasteiger partial charge in [0, 0.05) is 35.9 Å². The highest BCUT2D eigenvalue weighted by Crippen LogP contribution is 2.30. The third-order valence-corrected chi connectivity index (χ3v) is 6.16. The van der Waals surface area contributed by atoms with Crippen LogP contribution in [0.15, 0.2) is 30.7 Å². The minimum atomic E-state index is -0.00470. The van der Waals surface area contributed by atoms with E-state index in [-0.39, 0.29) is 18.4 Å². The van der Waals surface area contributed by atoms with Gasteiger partial charge in [-0.1, -0.05) is 0 Å². The van der Waals surface area contributed by atoms with Gasteiger partial charge in [-0.25, -0.2) is 9.97 Å². The lowest BCUT2D eigenvalue weighted by Gasteiger charge is -2.26. The van der Waals surface area contributed by atoms with Crippen LogP contribution in [0.25, 0.3) is 21.3 Å². The number of carbonyl (C=O) groups is 1. The molecule has 1 fully saturated rings. The highest BCUT2D eigenvalue weighted by Gasteiger charge is 2.26. The van der Waals surface area contributed by atoms with Crippen molar-refractivity contribution in [2.24, 2.45) is 11.8 Å². The van der Waals surface area contributed by atoms with Crippen LogP contribution in [0, 0.1) is 18.8 Å². The molecule has 1 aliphatic rings. The SMILES string of the molecule is Cc1ncc(-c2cnc3cnc(NC(=O)[C@H]4CC[C@H](CO)CC4)cc3c2)s1. The Labute approximate surface area is 161 Å². The molecule has 1 saturated carbocycles. The maximum absolute atomic E-state index is 12.6. The van der Waals surface area contributed by atoms with Crippen molar-refractivity contribution in [1.29, 1.82) is 0 Å². The Balaban J connectivity index is 1.51. The van der Waals surface area contributed by atoms with E-state index in [0.717, 1.165) is 52.0 Å². The fourth-order valence-corrected chi connectivity index (χ4v) is 4.32. The first kappa shape index (κ1) is 18.0. The number of pyridine rings is 2. The summed E-state index contributed by atoms with van der Waals surface area (Å²) in [5, 5.41) is 14.1. The summed E-state index contributed by atoms with van der Waals surface area (Å²) in [6.07, 6.45) is 8.82. The zero-order valence-corrected chi connectivity index (χ0v) is 16.0. The normalized spacial score (nSPS) is 19.9. The minimum Gasteiger partial charge on any atom is -0.396 e. The second-order valence-electron chi connectivity index (χ2n) is 7.12. The average molecular weight is 382 g/mol. The van der Waals surface area contributed by atoms with Gasteiger partial charge in [0.05, 0.1) is 21.6 Å². The van der Waals surface area contributed by atoms with Crippen molar-refractivity contribution in [3.8, 4) is 10.4 Å². The summed E-state index contributed by atoms with van der Waals surface area (Å²) < 4.78 is 0. The minimum absolute atomic E-state index is 0.00470. The van der Waals surface area contributed by atoms with Crippen molar-refractivity contribution in [2.75, 3.05) is 11.9 Å². The van der Waals surface area contributed by atoms with E-state index in [9.17, 15) is 9.90 Å². The zero-order valence-electron chi connectivity index (χ0n) is 15.2. The lowest BCUT2D eigenvalue weighted by atomic mass is 9.82. The van der Waals surface area contributed by atoms with Crippen LogP contribution >= 0.6 is 11.3 Å². The monoisotopic (exact) mass is 382 g/mol. The molecule has 3 aromatic rings. The summed E-state index contributed by atoms with van der Waals surface area (Å²) in [6, 6.07) is 3.93. The summed E-state index contributed by atoms with van der Waals surface area (Å²) in [4.78, 5) is 26.7. The van der Waals surface area contributed by atoms with E-state index < -0.39 is 0 Å². The second kappa shape index (κ2) is 7.70. The van der Waals surface area contributed by atoms with Crippen LogP contribution in [0.4, 0.5) is 5.82 Å². The largest absolute Gasteiger partial charge is 0.396 e. The van der Waals surface area contributed by atoms with Gasteiger partial charge in [0.15, 0.2) is 0 Å². The van der Waals surface area contributed by atoms with Crippen molar-refractivity contribution in [1.82, 2.24) is 15.0 Å². The Morgan fingerprint density at radius 2 is 1.96 bits per heavy atom. The summed E-state index contributed by atoms with van der Waals surface area (Å²) in [5.41, 5.74) is 1.81. The Kier molecular flexibility index (Phi) is 5.13. The highest BCUT2D eigenvalue weighted by atomic mass is 32.1. The lowest BCUT2D eigenvalue weighted by Crippen LogP contribution is -2.28. The third-order valence-electron chi connectivity index (χ3n) is 5.20. The Morgan fingerprint density at radius 1 is 1.15 bits per heavy atom. The molecule has 0 aliphatic heterocycles. The number of anilines is 1. The molecule has 4 rings (SSSR count). The molecule has 2 N–H and O–H groups in total. The Bertz CT molecular complexity index is 964. The molecule has 3 heterocycles. The van der Waals surface area contributed by atoms with Crippen LogP contribution in [0.5, 0.6) is 0 Å². The fourth-order valence-electron chi connectivity index (χ4n) is 3.56. The van der Waals surface area contributed by atoms with Crippen molar-refractivity contribution in [2.45, 2.75) is 32.6 Å². The van der Waals surface area contributed by atoms with Gasteiger partial charge in [-0.15, -0.1) is 11.3 Å². The highest BCUT2D eigenvalue weighted by molar-refractivity contribution is 7.15. The molecule has 1 aliphatic carbocycles. The summed E-state index contributed by atoms with van der Waals surface area (Å²) >= 11 is 1.63. The molecule has 0 radical (unpaired) electrons. The number of thiazole rings is 1. The van der Waals surface area contributed by atoms with Gasteiger partial charge in [0.2, 0.25) is 5.91 Å². The van der Waals surface area contributed by atoms with Crippen LogP contribution in [-0.2, 0) is 4.79 Å². The number of fused-ring (bicyclic) bond motifs is 1. The number of aliphatic hydroxyl groups is 1. The van der Waals surface area contributed by atoms with Gasteiger partial charge in [-0.3, -0.25) is 9.78 Å². The van der Waals surface area contributed by atoms with Gasteiger partial charge in [-0.2, -0.15) is 0 Å². The lowest BCUT2D eigenvalue weighted by molar-refractivity contribution is -0.121. The molecule has 140 valence electrons. The van der Waals surface area contributed by atoms with Crippen LogP contribution in [0.1, 0.15) is 30.7 Å². The summed E-state index contributed by atoms with van der Waals surface area (Å²) in [5.74, 6) is 0.902. The molecule has 3 aromatic heterocycles. The number of carbonyl (C=O) groups excluding carboxylic acids is 1. The first-order valence-corrected chi connectivity index (χ1v) is 10.0. The van der Waals surface area contributed by atoms with Crippen molar-refractivity contribution in [3.05, 3.63) is 35.7 Å². The van der Waals surface area contributed by atoms with Gasteiger partial charge >= 0.3 is 0 Å². The zero-order chi connectivity index (χ0) is 18.8. The molecule has 7 heteroatoms. The molecular weight excluding hydrogens is 360 g/mol. The summed E-state index contributed by atoms with van der Waals surface area (Å²) in [6.45, 7) is 2.20. The van der Waals surface area contributed by atoms with Crippen LogP contribution in [0.2, 0.25) is 0 Å². The van der Waals surface area contributed by atoms with Gasteiger partial charge in [0.25, 0.3) is 0 Å². The molecule has 0 atom stereocenters. The molecule has 1 amide bonds. The van der Waals surface area contributed by atoms with E-state index in [1.807, 2.05) is 25.4 Å². The molecule has 0 spiro atoms. The maximum atomic E-state index is 12.6. The number of nitrogens with one attached hydrogen (secondary N) is 1. The number of aromatic nitrogens is 3. The topological polar surface area (TPSA) is 88.0 Å². The number of hydrogen-bond acceptors (Lipinski definition) is 6. The number of aliphatic hydroxyl groups excluding tert-OH is 1. The molecule has 0 aromatic carbocycles. The average Bonchev–Trinajstić information content (AvgIpc) is 3.14. The van der Waals surface area contributed by atoms with E-state index in [1.54, 1.807) is 17.5 Å². The molecule has 6 nitrogen and oxygen atoms in total. The first-order valence-electron chi connectivity index (χ1n) is 9.22. The summed E-state index contributed by atoms with van der Waals surface area (Å²) in [7, 11) is 0. The predicted molar refractivity (Wildman–Crippen MR) is 107 cm³/mol. The third kappa shape index (κ3) is 3.99.